The number of fused-ring (bicyclic) bond motifs is 2. The monoisotopic (exact) mass is 630 g/mol. The van der Waals surface area contributed by atoms with E-state index in [-0.39, 0.29) is 51.4 Å². The number of nitrogens with zero attached hydrogens (tertiary/aromatic N) is 1. The van der Waals surface area contributed by atoms with E-state index in [1.807, 2.05) is 53.7 Å². The maximum absolute atomic E-state index is 13.2. The van der Waals surface area contributed by atoms with Crippen LogP contribution in [0.2, 0.25) is 0 Å². The van der Waals surface area contributed by atoms with Gasteiger partial charge in [0.2, 0.25) is 0 Å². The molecule has 3 N–H and O–H groups in total. The standard InChI is InChI=1S/C35H35NO8S/c1-34(2,3)24-16-19(17-25(33(24)40)35(4,5)6)10-15-28(37)44-27-9-7-8-20-11-14-26(36-30(20)27)29-31(38)22-13-12-21(45(41,42)43)18-23(22)32(29)39/h7-9,11-14,16-18,29,40H,10,15H2,1-6H3,(H,41,42,43)/p+1. The number of phenols is 1. The fourth-order valence-electron chi connectivity index (χ4n) is 5.60. The average Bonchev–Trinajstić information content (AvgIpc) is 3.19. The molecule has 0 fully saturated rings. The quantitative estimate of drug-likeness (QED) is 0.0841. The minimum Gasteiger partial charge on any atom is -0.507 e. The molecule has 0 saturated carbocycles. The van der Waals surface area contributed by atoms with Gasteiger partial charge in [-0.15, -0.1) is 0 Å². The zero-order valence-electron chi connectivity index (χ0n) is 26.0. The summed E-state index contributed by atoms with van der Waals surface area (Å²) in [5.74, 6) is -2.11. The van der Waals surface area contributed by atoms with Crippen LogP contribution in [-0.4, -0.2) is 45.4 Å². The largest absolute Gasteiger partial charge is 0.507 e. The Morgan fingerprint density at radius 3 is 2.18 bits per heavy atom. The number of aromatic hydroxyl groups is 1. The number of aryl methyl sites for hydroxylation is 1. The van der Waals surface area contributed by atoms with Crippen molar-refractivity contribution in [2.45, 2.75) is 76.0 Å². The van der Waals surface area contributed by atoms with Crippen LogP contribution >= 0.6 is 0 Å². The van der Waals surface area contributed by atoms with Gasteiger partial charge in [0.05, 0.1) is 16.2 Å². The summed E-state index contributed by atoms with van der Waals surface area (Å²) in [5, 5.41) is 11.7. The molecule has 1 aliphatic carbocycles. The minimum absolute atomic E-state index is 0.000187. The Morgan fingerprint density at radius 2 is 1.58 bits per heavy atom. The van der Waals surface area contributed by atoms with E-state index in [1.54, 1.807) is 30.3 Å². The topological polar surface area (TPSA) is 152 Å². The number of ketones is 2. The Morgan fingerprint density at radius 1 is 0.933 bits per heavy atom. The molecule has 1 atom stereocenters. The first-order valence-electron chi connectivity index (χ1n) is 14.6. The third-order valence-electron chi connectivity index (χ3n) is 7.99. The van der Waals surface area contributed by atoms with E-state index in [2.05, 4.69) is 4.98 Å². The summed E-state index contributed by atoms with van der Waals surface area (Å²) >= 11 is 0. The first-order chi connectivity index (χ1) is 20.9. The van der Waals surface area contributed by atoms with Crippen molar-refractivity contribution in [1.82, 2.24) is 4.98 Å². The number of ether oxygens (including phenoxy) is 1. The van der Waals surface area contributed by atoms with Gasteiger partial charge in [0.15, 0.2) is 17.5 Å². The summed E-state index contributed by atoms with van der Waals surface area (Å²) in [7, 11) is -4.55. The van der Waals surface area contributed by atoms with Crippen LogP contribution < -0.4 is 4.74 Å². The van der Waals surface area contributed by atoms with Crippen molar-refractivity contribution in [2.75, 3.05) is 0 Å². The van der Waals surface area contributed by atoms with E-state index in [9.17, 15) is 32.5 Å². The molecule has 10 heteroatoms. The number of Topliss-reactive ketones (excluding diaryl/α,β-unsaturated/α-hetero) is 1. The van der Waals surface area contributed by atoms with Crippen LogP contribution in [0.5, 0.6) is 11.5 Å². The van der Waals surface area contributed by atoms with E-state index in [4.69, 9.17) is 4.74 Å². The summed E-state index contributed by atoms with van der Waals surface area (Å²) in [6.07, 6.45) is 0.451. The van der Waals surface area contributed by atoms with Crippen molar-refractivity contribution < 1.29 is 37.2 Å². The lowest BCUT2D eigenvalue weighted by molar-refractivity contribution is -0.134. The van der Waals surface area contributed by atoms with Gasteiger partial charge in [-0.05, 0) is 64.3 Å². The van der Waals surface area contributed by atoms with Gasteiger partial charge < -0.3 is 9.84 Å². The van der Waals surface area contributed by atoms with Crippen molar-refractivity contribution in [2.24, 2.45) is 0 Å². The molecule has 3 aromatic carbocycles. The highest BCUT2D eigenvalue weighted by Gasteiger charge is 2.46. The van der Waals surface area contributed by atoms with E-state index >= 15 is 0 Å². The second-order valence-electron chi connectivity index (χ2n) is 13.4. The molecule has 0 amide bonds. The van der Waals surface area contributed by atoms with E-state index in [0.717, 1.165) is 28.8 Å². The Labute approximate surface area is 262 Å². The average molecular weight is 631 g/mol. The van der Waals surface area contributed by atoms with Crippen molar-refractivity contribution in [3.05, 3.63) is 94.2 Å². The zero-order valence-corrected chi connectivity index (χ0v) is 26.8. The third kappa shape index (κ3) is 6.25. The van der Waals surface area contributed by atoms with Gasteiger partial charge >= 0.3 is 11.8 Å². The molecule has 1 aliphatic rings. The Kier molecular flexibility index (Phi) is 7.96. The van der Waals surface area contributed by atoms with Crippen LogP contribution in [-0.2, 0) is 32.2 Å². The molecule has 9 nitrogen and oxygen atoms in total. The molecular formula is C35H36NO8S+. The van der Waals surface area contributed by atoms with Gasteiger partial charge in [0.25, 0.3) is 10.1 Å². The number of hydrogen-bond donors (Lipinski definition) is 2. The Balaban J connectivity index is 1.40. The normalized spacial score (nSPS) is 15.4. The highest BCUT2D eigenvalue weighted by Crippen LogP contribution is 2.40. The van der Waals surface area contributed by atoms with Gasteiger partial charge in [-0.1, -0.05) is 71.9 Å². The second kappa shape index (κ2) is 11.2. The summed E-state index contributed by atoms with van der Waals surface area (Å²) in [6.45, 7) is 12.2. The van der Waals surface area contributed by atoms with Crippen LogP contribution in [0.3, 0.4) is 0 Å². The number of hydrogen-bond acceptors (Lipinski definition) is 7. The van der Waals surface area contributed by atoms with Crippen LogP contribution in [0, 0.1) is 0 Å². The van der Waals surface area contributed by atoms with Gasteiger partial charge in [0.1, 0.15) is 11.3 Å². The predicted molar refractivity (Wildman–Crippen MR) is 171 cm³/mol. The lowest BCUT2D eigenvalue weighted by Gasteiger charge is -2.28. The Hall–Kier alpha value is -4.41. The first kappa shape index (κ1) is 32.0. The molecular weight excluding hydrogens is 594 g/mol. The molecule has 1 aromatic heterocycles. The summed E-state index contributed by atoms with van der Waals surface area (Å²) < 4.78 is 38.4. The lowest BCUT2D eigenvalue weighted by atomic mass is 9.78. The van der Waals surface area contributed by atoms with Crippen molar-refractivity contribution in [3.63, 3.8) is 0 Å². The van der Waals surface area contributed by atoms with Crippen molar-refractivity contribution in [1.29, 1.82) is 0 Å². The van der Waals surface area contributed by atoms with Crippen LogP contribution in [0.4, 0.5) is 0 Å². The number of esters is 1. The van der Waals surface area contributed by atoms with E-state index < -0.39 is 32.7 Å². The second-order valence-corrected chi connectivity index (χ2v) is 14.9. The summed E-state index contributed by atoms with van der Waals surface area (Å²) in [5.41, 5.74) is 2.51. The smallest absolute Gasteiger partial charge is 0.341 e. The van der Waals surface area contributed by atoms with Gasteiger partial charge in [-0.3, -0.25) is 18.9 Å². The minimum atomic E-state index is -4.55. The number of benzene rings is 3. The van der Waals surface area contributed by atoms with Crippen LogP contribution in [0.15, 0.2) is 65.6 Å². The maximum atomic E-state index is 13.2. The molecule has 0 spiro atoms. The fraction of sp³-hybridized carbons (Fsp3) is 0.314. The van der Waals surface area contributed by atoms with Crippen molar-refractivity contribution in [3.8, 4) is 11.5 Å². The SMILES string of the molecule is CC(C)(C)c1cc(CCC(=O)Oc2cccc3ccc(C4C(=O)c5ccc(S(=O)(=O)O)cc5C4=[OH+])nc23)cc(C(C)(C)C)c1O. The third-order valence-corrected chi connectivity index (χ3v) is 8.84. The summed E-state index contributed by atoms with van der Waals surface area (Å²) in [6, 6.07) is 15.6. The highest BCUT2D eigenvalue weighted by atomic mass is 32.2. The number of rotatable bonds is 6. The Bertz CT molecular complexity index is 1960. The van der Waals surface area contributed by atoms with Crippen molar-refractivity contribution >= 4 is 38.6 Å². The van der Waals surface area contributed by atoms with Gasteiger partial charge in [-0.25, -0.2) is 4.98 Å². The summed E-state index contributed by atoms with van der Waals surface area (Å²) in [4.78, 5) is 41.5. The number of para-hydroxylation sites is 1. The number of carbonyl (C=O) groups is 2. The molecule has 0 bridgehead atoms. The number of carbonyl (C=O) groups excluding carboxylic acids is 3. The predicted octanol–water partition coefficient (Wildman–Crippen LogP) is 6.19. The number of pyridine rings is 1. The van der Waals surface area contributed by atoms with E-state index in [0.29, 0.717) is 17.3 Å². The molecule has 45 heavy (non-hydrogen) atoms. The first-order valence-corrected chi connectivity index (χ1v) is 16.0. The number of phenolic OH excluding ortho intramolecular Hbond substituents is 1. The van der Waals surface area contributed by atoms with Crippen LogP contribution in [0.25, 0.3) is 10.9 Å². The fourth-order valence-corrected chi connectivity index (χ4v) is 6.11. The highest BCUT2D eigenvalue weighted by molar-refractivity contribution is 7.85. The molecule has 0 radical (unpaired) electrons. The molecule has 0 saturated heterocycles. The molecule has 1 unspecified atom stereocenters. The van der Waals surface area contributed by atoms with E-state index in [1.165, 1.54) is 6.07 Å². The molecule has 234 valence electrons. The zero-order chi connectivity index (χ0) is 33.1. The lowest BCUT2D eigenvalue weighted by Crippen LogP contribution is -2.18. The maximum Gasteiger partial charge on any atom is 0.341 e. The van der Waals surface area contributed by atoms with Crippen LogP contribution in [0.1, 0.15) is 92.2 Å². The molecule has 5 rings (SSSR count). The van der Waals surface area contributed by atoms with Gasteiger partial charge in [-0.2, -0.15) is 8.42 Å². The number of aromatic nitrogens is 1. The molecule has 4 aromatic rings. The van der Waals surface area contributed by atoms with Gasteiger partial charge in [0, 0.05) is 17.4 Å². The molecule has 0 aliphatic heterocycles. The molecule has 1 heterocycles.